The highest BCUT2D eigenvalue weighted by Gasteiger charge is 2.18. The Morgan fingerprint density at radius 2 is 1.58 bits per heavy atom. The first-order valence-electron chi connectivity index (χ1n) is 7.89. The Kier molecular flexibility index (Phi) is 8.22. The number of hydrogen-bond donors (Lipinski definition) is 2. The van der Waals surface area contributed by atoms with Crippen molar-refractivity contribution in [1.29, 1.82) is 0 Å². The molecular formula is C19H25ClN2O4. The number of rotatable bonds is 7. The molecule has 3 N–H and O–H groups in total. The highest BCUT2D eigenvalue weighted by atomic mass is 35.5. The fourth-order valence-electron chi connectivity index (χ4n) is 2.46. The summed E-state index contributed by atoms with van der Waals surface area (Å²) in [6, 6.07) is 10.3. The smallest absolute Gasteiger partial charge is 0.241 e. The van der Waals surface area contributed by atoms with Gasteiger partial charge < -0.3 is 25.3 Å². The van der Waals surface area contributed by atoms with Crippen LogP contribution in [-0.2, 0) is 11.3 Å². The third-order valence-electron chi connectivity index (χ3n) is 3.98. The second-order valence-corrected chi connectivity index (χ2v) is 5.62. The van der Waals surface area contributed by atoms with Gasteiger partial charge in [0.15, 0.2) is 0 Å². The molecule has 0 saturated carbocycles. The van der Waals surface area contributed by atoms with Gasteiger partial charge in [-0.1, -0.05) is 29.8 Å². The second-order valence-electron chi connectivity index (χ2n) is 5.62. The van der Waals surface area contributed by atoms with Crippen molar-refractivity contribution in [1.82, 2.24) is 5.32 Å². The summed E-state index contributed by atoms with van der Waals surface area (Å²) in [4.78, 5) is 12.4. The minimum atomic E-state index is -0.740. The van der Waals surface area contributed by atoms with Crippen LogP contribution in [0.3, 0.4) is 0 Å². The van der Waals surface area contributed by atoms with Crippen molar-refractivity contribution in [2.24, 2.45) is 5.73 Å². The zero-order valence-corrected chi connectivity index (χ0v) is 16.2. The molecule has 0 bridgehead atoms. The molecule has 2 rings (SSSR count). The largest absolute Gasteiger partial charge is 0.496 e. The number of carbonyl (C=O) groups excluding carboxylic acids is 1. The van der Waals surface area contributed by atoms with Gasteiger partial charge in [0.05, 0.1) is 33.4 Å². The monoisotopic (exact) mass is 380 g/mol. The van der Waals surface area contributed by atoms with E-state index in [0.29, 0.717) is 17.2 Å². The third kappa shape index (κ3) is 5.03. The van der Waals surface area contributed by atoms with Crippen molar-refractivity contribution < 1.29 is 19.0 Å². The number of amides is 1. The van der Waals surface area contributed by atoms with E-state index in [9.17, 15) is 4.79 Å². The number of aryl methyl sites for hydroxylation is 1. The van der Waals surface area contributed by atoms with E-state index in [-0.39, 0.29) is 24.9 Å². The van der Waals surface area contributed by atoms with Crippen LogP contribution in [0.2, 0.25) is 0 Å². The first kappa shape index (κ1) is 21.6. The summed E-state index contributed by atoms with van der Waals surface area (Å²) in [7, 11) is 4.67. The van der Waals surface area contributed by atoms with E-state index in [4.69, 9.17) is 19.9 Å². The average Bonchev–Trinajstić information content (AvgIpc) is 2.65. The Balaban J connectivity index is 0.00000338. The van der Waals surface area contributed by atoms with Crippen molar-refractivity contribution >= 4 is 18.3 Å². The van der Waals surface area contributed by atoms with E-state index in [1.165, 1.54) is 0 Å². The molecule has 0 radical (unpaired) electrons. The minimum absolute atomic E-state index is 0. The van der Waals surface area contributed by atoms with Crippen LogP contribution in [0.4, 0.5) is 0 Å². The highest BCUT2D eigenvalue weighted by Crippen LogP contribution is 2.33. The Morgan fingerprint density at radius 1 is 1.04 bits per heavy atom. The maximum Gasteiger partial charge on any atom is 0.241 e. The number of methoxy groups -OCH3 is 3. The Labute approximate surface area is 160 Å². The number of hydrogen-bond acceptors (Lipinski definition) is 5. The van der Waals surface area contributed by atoms with Gasteiger partial charge in [0, 0.05) is 12.1 Å². The predicted molar refractivity (Wildman–Crippen MR) is 103 cm³/mol. The molecule has 0 saturated heterocycles. The Morgan fingerprint density at radius 3 is 2.04 bits per heavy atom. The van der Waals surface area contributed by atoms with Crippen LogP contribution < -0.4 is 25.3 Å². The van der Waals surface area contributed by atoms with E-state index >= 15 is 0 Å². The van der Waals surface area contributed by atoms with E-state index in [0.717, 1.165) is 16.7 Å². The molecule has 0 spiro atoms. The van der Waals surface area contributed by atoms with Crippen molar-refractivity contribution in [3.63, 3.8) is 0 Å². The molecule has 0 aliphatic heterocycles. The molecule has 1 atom stereocenters. The van der Waals surface area contributed by atoms with E-state index in [2.05, 4.69) is 5.32 Å². The predicted octanol–water partition coefficient (Wildman–Crippen LogP) is 2.76. The van der Waals surface area contributed by atoms with Crippen molar-refractivity contribution in [3.8, 4) is 17.2 Å². The molecule has 26 heavy (non-hydrogen) atoms. The molecule has 0 heterocycles. The summed E-state index contributed by atoms with van der Waals surface area (Å²) >= 11 is 0. The lowest BCUT2D eigenvalue weighted by molar-refractivity contribution is -0.122. The molecule has 2 aromatic rings. The SMILES string of the molecule is COc1cc(OC)c(CNC(=O)C(N)c2ccc(C)cc2)c(OC)c1.Cl. The lowest BCUT2D eigenvalue weighted by Crippen LogP contribution is -2.33. The van der Waals surface area contributed by atoms with Gasteiger partial charge in [0.25, 0.3) is 0 Å². The zero-order valence-electron chi connectivity index (χ0n) is 15.4. The lowest BCUT2D eigenvalue weighted by Gasteiger charge is -2.17. The summed E-state index contributed by atoms with van der Waals surface area (Å²) in [6.07, 6.45) is 0. The van der Waals surface area contributed by atoms with Gasteiger partial charge >= 0.3 is 0 Å². The van der Waals surface area contributed by atoms with Crippen LogP contribution >= 0.6 is 12.4 Å². The van der Waals surface area contributed by atoms with Gasteiger partial charge in [0.2, 0.25) is 5.91 Å². The van der Waals surface area contributed by atoms with Gasteiger partial charge in [0.1, 0.15) is 23.3 Å². The molecule has 7 heteroatoms. The highest BCUT2D eigenvalue weighted by molar-refractivity contribution is 5.85. The van der Waals surface area contributed by atoms with Crippen LogP contribution in [-0.4, -0.2) is 27.2 Å². The van der Waals surface area contributed by atoms with Gasteiger partial charge in [-0.05, 0) is 12.5 Å². The molecule has 0 fully saturated rings. The first-order valence-corrected chi connectivity index (χ1v) is 7.89. The summed E-state index contributed by atoms with van der Waals surface area (Å²) in [5.41, 5.74) is 8.64. The van der Waals surface area contributed by atoms with Crippen LogP contribution in [0, 0.1) is 6.92 Å². The van der Waals surface area contributed by atoms with Gasteiger partial charge in [-0.15, -0.1) is 12.4 Å². The fraction of sp³-hybridized carbons (Fsp3) is 0.316. The van der Waals surface area contributed by atoms with Crippen molar-refractivity contribution in [2.75, 3.05) is 21.3 Å². The molecule has 1 unspecified atom stereocenters. The average molecular weight is 381 g/mol. The molecule has 0 aromatic heterocycles. The summed E-state index contributed by atoms with van der Waals surface area (Å²) < 4.78 is 16.0. The van der Waals surface area contributed by atoms with Crippen LogP contribution in [0.1, 0.15) is 22.7 Å². The maximum absolute atomic E-state index is 12.4. The van der Waals surface area contributed by atoms with Gasteiger partial charge in [-0.25, -0.2) is 0 Å². The van der Waals surface area contributed by atoms with Gasteiger partial charge in [-0.2, -0.15) is 0 Å². The maximum atomic E-state index is 12.4. The van der Waals surface area contributed by atoms with Crippen molar-refractivity contribution in [3.05, 3.63) is 53.1 Å². The zero-order chi connectivity index (χ0) is 18.4. The number of nitrogens with two attached hydrogens (primary N) is 1. The number of halogens is 1. The van der Waals surface area contributed by atoms with Gasteiger partial charge in [-0.3, -0.25) is 4.79 Å². The molecule has 142 valence electrons. The molecular weight excluding hydrogens is 356 g/mol. The molecule has 6 nitrogen and oxygen atoms in total. The molecule has 0 aliphatic rings. The number of benzene rings is 2. The fourth-order valence-corrected chi connectivity index (χ4v) is 2.46. The standard InChI is InChI=1S/C19H24N2O4.ClH/c1-12-5-7-13(8-6-12)18(20)19(22)21-11-15-16(24-3)9-14(23-2)10-17(15)25-4;/h5-10,18H,11,20H2,1-4H3,(H,21,22);1H. The first-order chi connectivity index (χ1) is 12.0. The Hall–Kier alpha value is -2.44. The van der Waals surface area contributed by atoms with Crippen LogP contribution in [0.15, 0.2) is 36.4 Å². The van der Waals surface area contributed by atoms with E-state index in [1.807, 2.05) is 31.2 Å². The van der Waals surface area contributed by atoms with E-state index in [1.54, 1.807) is 33.5 Å². The minimum Gasteiger partial charge on any atom is -0.496 e. The quantitative estimate of drug-likeness (QED) is 0.771. The normalized spacial score (nSPS) is 11.1. The van der Waals surface area contributed by atoms with Crippen LogP contribution in [0.5, 0.6) is 17.2 Å². The third-order valence-corrected chi connectivity index (χ3v) is 3.98. The number of carbonyl (C=O) groups is 1. The second kappa shape index (κ2) is 9.89. The topological polar surface area (TPSA) is 82.8 Å². The van der Waals surface area contributed by atoms with Crippen LogP contribution in [0.25, 0.3) is 0 Å². The Bertz CT molecular complexity index is 710. The molecule has 0 aliphatic carbocycles. The molecule has 2 aromatic carbocycles. The molecule has 1 amide bonds. The number of nitrogens with one attached hydrogen (secondary N) is 1. The summed E-state index contributed by atoms with van der Waals surface area (Å²) in [6.45, 7) is 2.21. The summed E-state index contributed by atoms with van der Waals surface area (Å²) in [5, 5.41) is 2.83. The van der Waals surface area contributed by atoms with E-state index < -0.39 is 6.04 Å². The lowest BCUT2D eigenvalue weighted by atomic mass is 10.1. The number of ether oxygens (including phenoxy) is 3. The summed E-state index contributed by atoms with van der Waals surface area (Å²) in [5.74, 6) is 1.48. The van der Waals surface area contributed by atoms with Crippen molar-refractivity contribution in [2.45, 2.75) is 19.5 Å².